The van der Waals surface area contributed by atoms with Crippen molar-refractivity contribution in [1.29, 1.82) is 0 Å². The van der Waals surface area contributed by atoms with Crippen molar-refractivity contribution >= 4 is 17.8 Å². The molecular weight excluding hydrogens is 329 g/mol. The van der Waals surface area contributed by atoms with Crippen molar-refractivity contribution in [1.82, 2.24) is 4.90 Å². The van der Waals surface area contributed by atoms with Crippen LogP contribution in [0, 0.1) is 11.2 Å². The van der Waals surface area contributed by atoms with Crippen molar-refractivity contribution in [3.63, 3.8) is 0 Å². The molecule has 2 rings (SSSR count). The number of nitrogens with zero attached hydrogens (tertiary/aromatic N) is 1. The predicted octanol–water partition coefficient (Wildman–Crippen LogP) is 2.65. The summed E-state index contributed by atoms with van der Waals surface area (Å²) in [6, 6.07) is 5.31. The summed E-state index contributed by atoms with van der Waals surface area (Å²) in [5.41, 5.74) is -1.96. The molecule has 7 heteroatoms. The lowest BCUT2D eigenvalue weighted by Gasteiger charge is -2.39. The van der Waals surface area contributed by atoms with Crippen LogP contribution in [-0.4, -0.2) is 46.5 Å². The van der Waals surface area contributed by atoms with E-state index in [0.29, 0.717) is 5.56 Å². The van der Waals surface area contributed by atoms with E-state index in [-0.39, 0.29) is 25.9 Å². The van der Waals surface area contributed by atoms with E-state index in [1.54, 1.807) is 20.8 Å². The van der Waals surface area contributed by atoms with Crippen molar-refractivity contribution < 1.29 is 28.6 Å². The number of Topliss-reactive ketones (excluding diaryl/α,β-unsaturated/α-hetero) is 1. The molecule has 136 valence electrons. The van der Waals surface area contributed by atoms with Gasteiger partial charge < -0.3 is 14.7 Å². The van der Waals surface area contributed by atoms with Gasteiger partial charge in [-0.05, 0) is 44.9 Å². The number of hydrogen-bond acceptors (Lipinski definition) is 4. The van der Waals surface area contributed by atoms with Gasteiger partial charge in [-0.15, -0.1) is 0 Å². The van der Waals surface area contributed by atoms with Crippen LogP contribution in [0.3, 0.4) is 0 Å². The first-order chi connectivity index (χ1) is 11.5. The summed E-state index contributed by atoms with van der Waals surface area (Å²) < 4.78 is 18.4. The SMILES string of the molecule is CC(C)(C)OC(=O)N1CCC(=O)C(Cc2ccc(F)cc2)(C(=O)O)C1. The van der Waals surface area contributed by atoms with Crippen LogP contribution in [0.4, 0.5) is 9.18 Å². The number of ketones is 1. The number of hydrogen-bond donors (Lipinski definition) is 1. The largest absolute Gasteiger partial charge is 0.480 e. The Labute approximate surface area is 145 Å². The molecular formula is C18H22FNO5. The first-order valence-corrected chi connectivity index (χ1v) is 8.02. The van der Waals surface area contributed by atoms with Gasteiger partial charge in [-0.2, -0.15) is 0 Å². The van der Waals surface area contributed by atoms with Crippen molar-refractivity contribution in [3.8, 4) is 0 Å². The summed E-state index contributed by atoms with van der Waals surface area (Å²) in [6.45, 7) is 4.98. The minimum Gasteiger partial charge on any atom is -0.480 e. The van der Waals surface area contributed by atoms with E-state index in [4.69, 9.17) is 4.74 Å². The Morgan fingerprint density at radius 3 is 2.40 bits per heavy atom. The summed E-state index contributed by atoms with van der Waals surface area (Å²) in [6.07, 6.45) is -0.822. The maximum absolute atomic E-state index is 13.1. The van der Waals surface area contributed by atoms with Gasteiger partial charge in [0.15, 0.2) is 5.78 Å². The average Bonchev–Trinajstić information content (AvgIpc) is 2.49. The van der Waals surface area contributed by atoms with E-state index in [1.807, 2.05) is 0 Å². The first-order valence-electron chi connectivity index (χ1n) is 8.02. The van der Waals surface area contributed by atoms with Crippen LogP contribution in [0.1, 0.15) is 32.8 Å². The first kappa shape index (κ1) is 18.9. The number of likely N-dealkylation sites (tertiary alicyclic amines) is 1. The Bertz CT molecular complexity index is 680. The molecule has 1 atom stereocenters. The van der Waals surface area contributed by atoms with E-state index in [9.17, 15) is 23.9 Å². The van der Waals surface area contributed by atoms with E-state index in [1.165, 1.54) is 29.2 Å². The zero-order chi connectivity index (χ0) is 18.8. The third-order valence-electron chi connectivity index (χ3n) is 4.08. The normalized spacial score (nSPS) is 21.1. The zero-order valence-corrected chi connectivity index (χ0v) is 14.5. The maximum atomic E-state index is 13.1. The number of amides is 1. The number of rotatable bonds is 3. The summed E-state index contributed by atoms with van der Waals surface area (Å²) in [4.78, 5) is 37.9. The van der Waals surface area contributed by atoms with Crippen LogP contribution in [-0.2, 0) is 20.7 Å². The fourth-order valence-electron chi connectivity index (χ4n) is 2.82. The van der Waals surface area contributed by atoms with Gasteiger partial charge in [0.05, 0.1) is 0 Å². The van der Waals surface area contributed by atoms with Gasteiger partial charge in [-0.3, -0.25) is 9.59 Å². The van der Waals surface area contributed by atoms with E-state index >= 15 is 0 Å². The molecule has 1 aromatic rings. The molecule has 0 aromatic heterocycles. The van der Waals surface area contributed by atoms with Crippen LogP contribution in [0.5, 0.6) is 0 Å². The molecule has 1 aromatic carbocycles. The average molecular weight is 351 g/mol. The van der Waals surface area contributed by atoms with Crippen molar-refractivity contribution in [2.45, 2.75) is 39.2 Å². The Balaban J connectivity index is 2.27. The van der Waals surface area contributed by atoms with Gasteiger partial charge in [-0.25, -0.2) is 9.18 Å². The predicted molar refractivity (Wildman–Crippen MR) is 87.6 cm³/mol. The van der Waals surface area contributed by atoms with Crippen LogP contribution in [0.2, 0.25) is 0 Å². The highest BCUT2D eigenvalue weighted by Gasteiger charge is 2.50. The molecule has 1 aliphatic rings. The van der Waals surface area contributed by atoms with E-state index in [0.717, 1.165) is 0 Å². The molecule has 1 N–H and O–H groups in total. The summed E-state index contributed by atoms with van der Waals surface area (Å²) >= 11 is 0. The van der Waals surface area contributed by atoms with Gasteiger partial charge in [0.2, 0.25) is 0 Å². The smallest absolute Gasteiger partial charge is 0.410 e. The standard InChI is InChI=1S/C18H22FNO5/c1-17(2,3)25-16(24)20-9-8-14(21)18(11-20,15(22)23)10-12-4-6-13(19)7-5-12/h4-7H,8-11H2,1-3H3,(H,22,23). The Morgan fingerprint density at radius 1 is 1.28 bits per heavy atom. The van der Waals surface area contributed by atoms with Crippen LogP contribution < -0.4 is 0 Å². The number of carbonyl (C=O) groups excluding carboxylic acids is 2. The van der Waals surface area contributed by atoms with Gasteiger partial charge in [-0.1, -0.05) is 12.1 Å². The third-order valence-corrected chi connectivity index (χ3v) is 4.08. The topological polar surface area (TPSA) is 83.9 Å². The number of halogens is 1. The number of carbonyl (C=O) groups is 3. The van der Waals surface area contributed by atoms with Crippen molar-refractivity contribution in [2.75, 3.05) is 13.1 Å². The molecule has 1 saturated heterocycles. The zero-order valence-electron chi connectivity index (χ0n) is 14.5. The molecule has 1 amide bonds. The molecule has 6 nitrogen and oxygen atoms in total. The lowest BCUT2D eigenvalue weighted by Crippen LogP contribution is -2.57. The van der Waals surface area contributed by atoms with E-state index in [2.05, 4.69) is 0 Å². The summed E-state index contributed by atoms with van der Waals surface area (Å²) in [7, 11) is 0. The second kappa shape index (κ2) is 6.82. The molecule has 0 saturated carbocycles. The Kier molecular flexibility index (Phi) is 5.15. The monoisotopic (exact) mass is 351 g/mol. The fourth-order valence-corrected chi connectivity index (χ4v) is 2.82. The molecule has 0 radical (unpaired) electrons. The summed E-state index contributed by atoms with van der Waals surface area (Å²) in [5.74, 6) is -2.18. The lowest BCUT2D eigenvalue weighted by molar-refractivity contribution is -0.158. The number of ether oxygens (including phenoxy) is 1. The molecule has 0 bridgehead atoms. The van der Waals surface area contributed by atoms with Gasteiger partial charge in [0.1, 0.15) is 16.8 Å². The maximum Gasteiger partial charge on any atom is 0.410 e. The van der Waals surface area contributed by atoms with Gasteiger partial charge >= 0.3 is 12.1 Å². The minimum atomic E-state index is -1.76. The highest BCUT2D eigenvalue weighted by molar-refractivity contribution is 6.04. The van der Waals surface area contributed by atoms with Crippen LogP contribution in [0.25, 0.3) is 0 Å². The fraction of sp³-hybridized carbons (Fsp3) is 0.500. The molecule has 25 heavy (non-hydrogen) atoms. The molecule has 1 heterocycles. The minimum absolute atomic E-state index is 0.0628. The quantitative estimate of drug-likeness (QED) is 0.847. The molecule has 1 unspecified atom stereocenters. The number of carboxylic acids is 1. The summed E-state index contributed by atoms with van der Waals surface area (Å²) in [5, 5.41) is 9.73. The molecule has 0 aliphatic carbocycles. The molecule has 0 spiro atoms. The number of benzene rings is 1. The highest BCUT2D eigenvalue weighted by atomic mass is 19.1. The van der Waals surface area contributed by atoms with Gasteiger partial charge in [0.25, 0.3) is 0 Å². The molecule has 1 aliphatic heterocycles. The van der Waals surface area contributed by atoms with Crippen molar-refractivity contribution in [3.05, 3.63) is 35.6 Å². The van der Waals surface area contributed by atoms with Gasteiger partial charge in [0, 0.05) is 19.5 Å². The Hall–Kier alpha value is -2.44. The lowest BCUT2D eigenvalue weighted by atomic mass is 9.74. The highest BCUT2D eigenvalue weighted by Crippen LogP contribution is 2.32. The number of piperidine rings is 1. The Morgan fingerprint density at radius 2 is 1.88 bits per heavy atom. The van der Waals surface area contributed by atoms with Crippen LogP contribution >= 0.6 is 0 Å². The van der Waals surface area contributed by atoms with Crippen LogP contribution in [0.15, 0.2) is 24.3 Å². The molecule has 1 fully saturated rings. The number of carboxylic acid groups (broad SMARTS) is 1. The third kappa shape index (κ3) is 4.35. The van der Waals surface area contributed by atoms with Crippen molar-refractivity contribution in [2.24, 2.45) is 5.41 Å². The second-order valence-corrected chi connectivity index (χ2v) is 7.27. The number of aliphatic carboxylic acids is 1. The van der Waals surface area contributed by atoms with E-state index < -0.39 is 34.7 Å². The second-order valence-electron chi connectivity index (χ2n) is 7.27.